The molecule has 0 spiro atoms. The minimum absolute atomic E-state index is 0.253. The third-order valence-corrected chi connectivity index (χ3v) is 6.02. The number of amides is 1. The molecule has 1 aliphatic heterocycles. The van der Waals surface area contributed by atoms with Crippen molar-refractivity contribution in [1.82, 2.24) is 15.0 Å². The normalized spacial score (nSPS) is 16.3. The Morgan fingerprint density at radius 3 is 2.47 bits per heavy atom. The van der Waals surface area contributed by atoms with Crippen LogP contribution in [0, 0.1) is 5.92 Å². The van der Waals surface area contributed by atoms with Gasteiger partial charge in [0.1, 0.15) is 0 Å². The number of aryl methyl sites for hydroxylation is 1. The number of unbranched alkanes of at least 4 members (excludes halogenated alkanes) is 7. The lowest BCUT2D eigenvalue weighted by atomic mass is 10.0. The highest BCUT2D eigenvalue weighted by Gasteiger charge is 2.27. The zero-order valence-electron chi connectivity index (χ0n) is 18.2. The van der Waals surface area contributed by atoms with Gasteiger partial charge in [-0.05, 0) is 30.7 Å². The Morgan fingerprint density at radius 1 is 1.10 bits per heavy atom. The lowest BCUT2D eigenvalue weighted by Gasteiger charge is -2.10. The van der Waals surface area contributed by atoms with Crippen molar-refractivity contribution in [2.45, 2.75) is 77.6 Å². The first kappa shape index (κ1) is 22.3. The lowest BCUT2D eigenvalue weighted by Crippen LogP contribution is -2.26. The van der Waals surface area contributed by atoms with Gasteiger partial charge >= 0.3 is 6.09 Å². The second kappa shape index (κ2) is 11.7. The van der Waals surface area contributed by atoms with E-state index in [4.69, 9.17) is 9.63 Å². The molecule has 0 unspecified atom stereocenters. The summed E-state index contributed by atoms with van der Waals surface area (Å²) < 4.78 is 5.41. The highest BCUT2D eigenvalue weighted by atomic mass is 16.5. The minimum Gasteiger partial charge on any atom is -0.465 e. The van der Waals surface area contributed by atoms with Crippen molar-refractivity contribution in [2.75, 3.05) is 13.1 Å². The summed E-state index contributed by atoms with van der Waals surface area (Å²) in [5.74, 6) is 1.45. The first-order valence-corrected chi connectivity index (χ1v) is 11.6. The van der Waals surface area contributed by atoms with E-state index in [9.17, 15) is 4.79 Å². The topological polar surface area (TPSA) is 79.5 Å². The number of likely N-dealkylation sites (tertiary alicyclic amines) is 1. The average molecular weight is 414 g/mol. The van der Waals surface area contributed by atoms with Gasteiger partial charge in [0.25, 0.3) is 0 Å². The van der Waals surface area contributed by atoms with Crippen LogP contribution in [0.15, 0.2) is 28.8 Å². The smallest absolute Gasteiger partial charge is 0.407 e. The molecule has 3 rings (SSSR count). The second-order valence-corrected chi connectivity index (χ2v) is 8.52. The van der Waals surface area contributed by atoms with Gasteiger partial charge in [-0.3, -0.25) is 0 Å². The highest BCUT2D eigenvalue weighted by Crippen LogP contribution is 2.23. The van der Waals surface area contributed by atoms with Crippen LogP contribution >= 0.6 is 0 Å². The molecule has 6 heteroatoms. The van der Waals surface area contributed by atoms with Gasteiger partial charge in [-0.15, -0.1) is 0 Å². The SMILES string of the molecule is CCCCCCCCCCc1ccc(-c2noc(C[C@@H]3CCN(C(=O)O)C3)n2)cc1. The van der Waals surface area contributed by atoms with E-state index >= 15 is 0 Å². The average Bonchev–Trinajstić information content (AvgIpc) is 3.41. The third-order valence-electron chi connectivity index (χ3n) is 6.02. The van der Waals surface area contributed by atoms with Crippen LogP contribution in [0.1, 0.15) is 76.2 Å². The van der Waals surface area contributed by atoms with E-state index < -0.39 is 6.09 Å². The van der Waals surface area contributed by atoms with E-state index in [0.29, 0.717) is 31.2 Å². The molecule has 2 heterocycles. The monoisotopic (exact) mass is 413 g/mol. The molecule has 2 aromatic rings. The fourth-order valence-electron chi connectivity index (χ4n) is 4.16. The molecule has 164 valence electrons. The largest absolute Gasteiger partial charge is 0.465 e. The van der Waals surface area contributed by atoms with Gasteiger partial charge in [-0.25, -0.2) is 4.79 Å². The Labute approximate surface area is 179 Å². The van der Waals surface area contributed by atoms with Gasteiger partial charge < -0.3 is 14.5 Å². The molecule has 1 N–H and O–H groups in total. The summed E-state index contributed by atoms with van der Waals surface area (Å²) >= 11 is 0. The van der Waals surface area contributed by atoms with Crippen LogP contribution in [0.5, 0.6) is 0 Å². The molecule has 1 atom stereocenters. The number of carboxylic acid groups (broad SMARTS) is 1. The Morgan fingerprint density at radius 2 is 1.80 bits per heavy atom. The lowest BCUT2D eigenvalue weighted by molar-refractivity contribution is 0.154. The molecule has 0 radical (unpaired) electrons. The summed E-state index contributed by atoms with van der Waals surface area (Å²) in [5.41, 5.74) is 2.32. The van der Waals surface area contributed by atoms with Gasteiger partial charge in [0.05, 0.1) is 0 Å². The summed E-state index contributed by atoms with van der Waals surface area (Å²) in [7, 11) is 0. The molecule has 1 amide bonds. The maximum atomic E-state index is 11.0. The second-order valence-electron chi connectivity index (χ2n) is 8.52. The Bertz CT molecular complexity index is 772. The summed E-state index contributed by atoms with van der Waals surface area (Å²) in [6, 6.07) is 8.45. The fraction of sp³-hybridized carbons (Fsp3) is 0.625. The number of benzene rings is 1. The predicted octanol–water partition coefficient (Wildman–Crippen LogP) is 5.96. The number of aromatic nitrogens is 2. The summed E-state index contributed by atoms with van der Waals surface area (Å²) in [6.45, 7) is 3.39. The number of carbonyl (C=O) groups is 1. The highest BCUT2D eigenvalue weighted by molar-refractivity contribution is 5.65. The van der Waals surface area contributed by atoms with Gasteiger partial charge in [-0.2, -0.15) is 4.98 Å². The van der Waals surface area contributed by atoms with Crippen molar-refractivity contribution in [3.8, 4) is 11.4 Å². The van der Waals surface area contributed by atoms with Crippen LogP contribution in [-0.4, -0.2) is 39.3 Å². The van der Waals surface area contributed by atoms with Crippen LogP contribution < -0.4 is 0 Å². The quantitative estimate of drug-likeness (QED) is 0.434. The van der Waals surface area contributed by atoms with E-state index in [1.54, 1.807) is 0 Å². The van der Waals surface area contributed by atoms with Gasteiger partial charge in [0, 0.05) is 25.1 Å². The Balaban J connectivity index is 1.39. The zero-order valence-corrected chi connectivity index (χ0v) is 18.2. The van der Waals surface area contributed by atoms with Gasteiger partial charge in [0.2, 0.25) is 11.7 Å². The molecule has 0 aliphatic carbocycles. The van der Waals surface area contributed by atoms with Crippen LogP contribution in [0.2, 0.25) is 0 Å². The van der Waals surface area contributed by atoms with E-state index in [-0.39, 0.29) is 5.92 Å². The van der Waals surface area contributed by atoms with Crippen molar-refractivity contribution < 1.29 is 14.4 Å². The van der Waals surface area contributed by atoms with Crippen molar-refractivity contribution in [1.29, 1.82) is 0 Å². The molecule has 6 nitrogen and oxygen atoms in total. The van der Waals surface area contributed by atoms with E-state index in [1.165, 1.54) is 61.8 Å². The summed E-state index contributed by atoms with van der Waals surface area (Å²) in [4.78, 5) is 17.0. The Hall–Kier alpha value is -2.37. The molecule has 1 aliphatic rings. The maximum absolute atomic E-state index is 11.0. The number of hydrogen-bond donors (Lipinski definition) is 1. The zero-order chi connectivity index (χ0) is 21.2. The van der Waals surface area contributed by atoms with E-state index in [1.807, 2.05) is 0 Å². The molecular formula is C24H35N3O3. The summed E-state index contributed by atoms with van der Waals surface area (Å²) in [6.07, 6.45) is 12.5. The first-order chi connectivity index (χ1) is 14.7. The first-order valence-electron chi connectivity index (χ1n) is 11.6. The van der Waals surface area contributed by atoms with Crippen LogP contribution in [-0.2, 0) is 12.8 Å². The molecule has 0 bridgehead atoms. The number of hydrogen-bond acceptors (Lipinski definition) is 4. The standard InChI is InChI=1S/C24H35N3O3/c1-2-3-4-5-6-7-8-9-10-19-11-13-21(14-12-19)23-25-22(30-26-23)17-20-15-16-27(18-20)24(28)29/h11-14,20H,2-10,15-18H2,1H3,(H,28,29)/t20-/m0/s1. The van der Waals surface area contributed by atoms with E-state index in [0.717, 1.165) is 18.4 Å². The molecular weight excluding hydrogens is 378 g/mol. The van der Waals surface area contributed by atoms with Gasteiger partial charge in [0.15, 0.2) is 0 Å². The van der Waals surface area contributed by atoms with Crippen LogP contribution in [0.4, 0.5) is 4.79 Å². The fourth-order valence-corrected chi connectivity index (χ4v) is 4.16. The minimum atomic E-state index is -0.851. The predicted molar refractivity (Wildman–Crippen MR) is 117 cm³/mol. The van der Waals surface area contributed by atoms with Gasteiger partial charge in [-0.1, -0.05) is 81.3 Å². The summed E-state index contributed by atoms with van der Waals surface area (Å²) in [5, 5.41) is 13.2. The third kappa shape index (κ3) is 6.85. The molecule has 1 aromatic heterocycles. The van der Waals surface area contributed by atoms with Crippen molar-refractivity contribution in [3.63, 3.8) is 0 Å². The molecule has 0 saturated carbocycles. The van der Waals surface area contributed by atoms with Crippen molar-refractivity contribution >= 4 is 6.09 Å². The molecule has 1 aromatic carbocycles. The molecule has 1 saturated heterocycles. The van der Waals surface area contributed by atoms with E-state index in [2.05, 4.69) is 41.3 Å². The number of rotatable bonds is 12. The number of nitrogens with zero attached hydrogens (tertiary/aromatic N) is 3. The maximum Gasteiger partial charge on any atom is 0.407 e. The van der Waals surface area contributed by atoms with Crippen LogP contribution in [0.25, 0.3) is 11.4 Å². The van der Waals surface area contributed by atoms with Crippen LogP contribution in [0.3, 0.4) is 0 Å². The molecule has 30 heavy (non-hydrogen) atoms. The molecule has 1 fully saturated rings. The Kier molecular flexibility index (Phi) is 8.72. The van der Waals surface area contributed by atoms with Crippen molar-refractivity contribution in [3.05, 3.63) is 35.7 Å². The van der Waals surface area contributed by atoms with Crippen molar-refractivity contribution in [2.24, 2.45) is 5.92 Å².